The minimum atomic E-state index is -0.189. The zero-order chi connectivity index (χ0) is 14.8. The van der Waals surface area contributed by atoms with Crippen LogP contribution in [-0.2, 0) is 6.42 Å². The van der Waals surface area contributed by atoms with E-state index in [1.165, 1.54) is 0 Å². The van der Waals surface area contributed by atoms with Crippen molar-refractivity contribution in [1.29, 1.82) is 0 Å². The lowest BCUT2D eigenvalue weighted by Gasteiger charge is -2.05. The highest BCUT2D eigenvalue weighted by Crippen LogP contribution is 2.16. The number of nitrogens with one attached hydrogen (secondary N) is 2. The van der Waals surface area contributed by atoms with Crippen LogP contribution in [0.3, 0.4) is 0 Å². The number of hydrogen-bond donors (Lipinski definition) is 2. The summed E-state index contributed by atoms with van der Waals surface area (Å²) < 4.78 is 1.70. The summed E-state index contributed by atoms with van der Waals surface area (Å²) in [6.07, 6.45) is 3.92. The van der Waals surface area contributed by atoms with Crippen molar-refractivity contribution in [1.82, 2.24) is 30.1 Å². The molecule has 0 aliphatic carbocycles. The Morgan fingerprint density at radius 2 is 2.33 bits per heavy atom. The van der Waals surface area contributed by atoms with Gasteiger partial charge in [0.25, 0.3) is 5.91 Å². The lowest BCUT2D eigenvalue weighted by molar-refractivity contribution is 0.0947. The van der Waals surface area contributed by atoms with Gasteiger partial charge in [0.05, 0.1) is 22.6 Å². The van der Waals surface area contributed by atoms with Crippen LogP contribution >= 0.6 is 11.6 Å². The molecule has 3 aromatic heterocycles. The first-order chi connectivity index (χ1) is 10.1. The van der Waals surface area contributed by atoms with Crippen LogP contribution in [-0.4, -0.2) is 37.2 Å². The fraction of sp³-hybridized carbons (Fsp3) is 0.231. The number of rotatable bonds is 4. The Kier molecular flexibility index (Phi) is 3.57. The van der Waals surface area contributed by atoms with Gasteiger partial charge in [-0.1, -0.05) is 11.6 Å². The summed E-state index contributed by atoms with van der Waals surface area (Å²) in [5.74, 6) is -0.189. The molecular weight excluding hydrogens is 292 g/mol. The molecule has 108 valence electrons. The van der Waals surface area contributed by atoms with E-state index in [9.17, 15) is 4.79 Å². The van der Waals surface area contributed by atoms with Gasteiger partial charge in [-0.2, -0.15) is 15.4 Å². The van der Waals surface area contributed by atoms with E-state index < -0.39 is 0 Å². The van der Waals surface area contributed by atoms with E-state index >= 15 is 0 Å². The molecule has 0 fully saturated rings. The van der Waals surface area contributed by atoms with E-state index in [-0.39, 0.29) is 5.91 Å². The molecule has 3 rings (SSSR count). The number of amides is 1. The molecule has 8 heteroatoms. The standard InChI is InChI=1S/C13H13ClN6O/c1-8-12(20-7-9(14)2-3-11(20)17-8)13(21)15-5-4-10-6-16-19-18-10/h2-3,6-7H,4-5H2,1H3,(H,15,21)(H,16,18,19). The number of carbonyl (C=O) groups excluding carboxylic acids is 1. The van der Waals surface area contributed by atoms with Crippen LogP contribution in [0.2, 0.25) is 5.02 Å². The van der Waals surface area contributed by atoms with E-state index in [2.05, 4.69) is 25.7 Å². The third-order valence-corrected chi connectivity index (χ3v) is 3.33. The van der Waals surface area contributed by atoms with Crippen LogP contribution in [0.5, 0.6) is 0 Å². The minimum absolute atomic E-state index is 0.189. The highest BCUT2D eigenvalue weighted by atomic mass is 35.5. The second-order valence-corrected chi connectivity index (χ2v) is 5.03. The lowest BCUT2D eigenvalue weighted by Crippen LogP contribution is -2.27. The Morgan fingerprint density at radius 1 is 1.48 bits per heavy atom. The Hall–Kier alpha value is -2.41. The maximum Gasteiger partial charge on any atom is 0.270 e. The Balaban J connectivity index is 1.77. The first kappa shape index (κ1) is 13.6. The molecule has 0 aliphatic heterocycles. The summed E-state index contributed by atoms with van der Waals surface area (Å²) >= 11 is 5.98. The summed E-state index contributed by atoms with van der Waals surface area (Å²) in [7, 11) is 0. The van der Waals surface area contributed by atoms with Gasteiger partial charge in [0, 0.05) is 19.2 Å². The second kappa shape index (κ2) is 5.53. The first-order valence-corrected chi connectivity index (χ1v) is 6.80. The monoisotopic (exact) mass is 304 g/mol. The zero-order valence-corrected chi connectivity index (χ0v) is 12.1. The van der Waals surface area contributed by atoms with E-state index in [1.54, 1.807) is 35.9 Å². The number of hydrogen-bond acceptors (Lipinski definition) is 4. The number of imidazole rings is 1. The summed E-state index contributed by atoms with van der Waals surface area (Å²) in [5, 5.41) is 13.6. The Bertz CT molecular complexity index is 779. The number of fused-ring (bicyclic) bond motifs is 1. The molecule has 0 saturated carbocycles. The van der Waals surface area contributed by atoms with Crippen molar-refractivity contribution in [2.45, 2.75) is 13.3 Å². The van der Waals surface area contributed by atoms with Crippen molar-refractivity contribution in [2.24, 2.45) is 0 Å². The molecule has 2 N–H and O–H groups in total. The van der Waals surface area contributed by atoms with E-state index in [1.807, 2.05) is 0 Å². The van der Waals surface area contributed by atoms with Gasteiger partial charge in [-0.15, -0.1) is 0 Å². The molecule has 0 aromatic carbocycles. The molecule has 0 unspecified atom stereocenters. The first-order valence-electron chi connectivity index (χ1n) is 6.42. The van der Waals surface area contributed by atoms with Gasteiger partial charge in [0.2, 0.25) is 0 Å². The number of aromatic nitrogens is 5. The molecular formula is C13H13ClN6O. The quantitative estimate of drug-likeness (QED) is 0.762. The average molecular weight is 305 g/mol. The van der Waals surface area contributed by atoms with Gasteiger partial charge < -0.3 is 5.32 Å². The molecule has 7 nitrogen and oxygen atoms in total. The van der Waals surface area contributed by atoms with Crippen molar-refractivity contribution < 1.29 is 4.79 Å². The number of pyridine rings is 1. The van der Waals surface area contributed by atoms with Crippen molar-refractivity contribution >= 4 is 23.2 Å². The summed E-state index contributed by atoms with van der Waals surface area (Å²) in [6, 6.07) is 3.52. The zero-order valence-electron chi connectivity index (χ0n) is 11.3. The van der Waals surface area contributed by atoms with Crippen LogP contribution in [0.15, 0.2) is 24.5 Å². The third kappa shape index (κ3) is 2.73. The number of halogens is 1. The smallest absolute Gasteiger partial charge is 0.270 e. The van der Waals surface area contributed by atoms with E-state index in [0.29, 0.717) is 35.0 Å². The molecule has 0 spiro atoms. The van der Waals surface area contributed by atoms with Gasteiger partial charge >= 0.3 is 0 Å². The van der Waals surface area contributed by atoms with Crippen molar-refractivity contribution in [2.75, 3.05) is 6.54 Å². The lowest BCUT2D eigenvalue weighted by atomic mass is 10.3. The van der Waals surface area contributed by atoms with Gasteiger partial charge in [-0.25, -0.2) is 4.98 Å². The minimum Gasteiger partial charge on any atom is -0.350 e. The molecule has 0 atom stereocenters. The maximum absolute atomic E-state index is 12.3. The second-order valence-electron chi connectivity index (χ2n) is 4.59. The van der Waals surface area contributed by atoms with Gasteiger partial charge in [-0.3, -0.25) is 9.20 Å². The van der Waals surface area contributed by atoms with Crippen molar-refractivity contribution in [3.8, 4) is 0 Å². The highest BCUT2D eigenvalue weighted by molar-refractivity contribution is 6.30. The van der Waals surface area contributed by atoms with Gasteiger partial charge in [-0.05, 0) is 19.1 Å². The molecule has 0 bridgehead atoms. The molecule has 0 radical (unpaired) electrons. The van der Waals surface area contributed by atoms with E-state index in [0.717, 1.165) is 5.69 Å². The maximum atomic E-state index is 12.3. The topological polar surface area (TPSA) is 88.0 Å². The predicted molar refractivity (Wildman–Crippen MR) is 77.4 cm³/mol. The van der Waals surface area contributed by atoms with Crippen LogP contribution in [0.4, 0.5) is 0 Å². The number of nitrogens with zero attached hydrogens (tertiary/aromatic N) is 4. The number of aryl methyl sites for hydroxylation is 1. The average Bonchev–Trinajstić information content (AvgIpc) is 3.05. The molecule has 0 saturated heterocycles. The molecule has 3 aromatic rings. The SMILES string of the molecule is Cc1nc2ccc(Cl)cn2c1C(=O)NCCc1cn[nH]n1. The Labute approximate surface area is 125 Å². The molecule has 3 heterocycles. The summed E-state index contributed by atoms with van der Waals surface area (Å²) in [5.41, 5.74) is 2.65. The fourth-order valence-corrected chi connectivity index (χ4v) is 2.30. The van der Waals surface area contributed by atoms with E-state index in [4.69, 9.17) is 11.6 Å². The fourth-order valence-electron chi connectivity index (χ4n) is 2.14. The number of aromatic amines is 1. The number of carbonyl (C=O) groups is 1. The van der Waals surface area contributed by atoms with Gasteiger partial charge in [0.15, 0.2) is 0 Å². The van der Waals surface area contributed by atoms with Gasteiger partial charge in [0.1, 0.15) is 11.3 Å². The van der Waals surface area contributed by atoms with Crippen LogP contribution in [0.25, 0.3) is 5.65 Å². The molecule has 1 amide bonds. The molecule has 0 aliphatic rings. The predicted octanol–water partition coefficient (Wildman–Crippen LogP) is 1.39. The Morgan fingerprint density at radius 3 is 3.10 bits per heavy atom. The largest absolute Gasteiger partial charge is 0.350 e. The number of H-pyrrole nitrogens is 1. The highest BCUT2D eigenvalue weighted by Gasteiger charge is 2.16. The van der Waals surface area contributed by atoms with Crippen LogP contribution in [0, 0.1) is 6.92 Å². The van der Waals surface area contributed by atoms with Crippen molar-refractivity contribution in [3.63, 3.8) is 0 Å². The summed E-state index contributed by atoms with van der Waals surface area (Å²) in [4.78, 5) is 16.7. The molecule has 21 heavy (non-hydrogen) atoms. The third-order valence-electron chi connectivity index (χ3n) is 3.10. The normalized spacial score (nSPS) is 11.0. The summed E-state index contributed by atoms with van der Waals surface area (Å²) in [6.45, 7) is 2.27. The van der Waals surface area contributed by atoms with Crippen molar-refractivity contribution in [3.05, 3.63) is 46.6 Å². The van der Waals surface area contributed by atoms with Crippen LogP contribution in [0.1, 0.15) is 21.9 Å². The van der Waals surface area contributed by atoms with Crippen LogP contribution < -0.4 is 5.32 Å².